The van der Waals surface area contributed by atoms with Gasteiger partial charge in [-0.05, 0) is 72.5 Å². The molecule has 0 spiro atoms. The van der Waals surface area contributed by atoms with Crippen LogP contribution in [0.5, 0.6) is 0 Å². The molecule has 6 nitrogen and oxygen atoms in total. The van der Waals surface area contributed by atoms with Crippen molar-refractivity contribution in [3.8, 4) is 23.1 Å². The largest absolute Gasteiger partial charge is 0.346 e. The maximum atomic E-state index is 4.70. The first kappa shape index (κ1) is 20.0. The van der Waals surface area contributed by atoms with Crippen LogP contribution in [0.4, 0.5) is 0 Å². The first-order chi connectivity index (χ1) is 16.7. The van der Waals surface area contributed by atoms with Gasteiger partial charge in [-0.15, -0.1) is 0 Å². The first-order valence-electron chi connectivity index (χ1n) is 12.3. The van der Waals surface area contributed by atoms with Gasteiger partial charge in [0.1, 0.15) is 17.3 Å². The van der Waals surface area contributed by atoms with Crippen LogP contribution in [0.15, 0.2) is 48.8 Å². The molecule has 2 saturated heterocycles. The van der Waals surface area contributed by atoms with Gasteiger partial charge in [0.15, 0.2) is 0 Å². The van der Waals surface area contributed by atoms with E-state index in [0.29, 0.717) is 24.0 Å². The number of nitrogens with one attached hydrogen (secondary N) is 4. The van der Waals surface area contributed by atoms with E-state index in [-0.39, 0.29) is 0 Å². The molecule has 3 fully saturated rings. The number of aromatic nitrogens is 4. The third-order valence-electron chi connectivity index (χ3n) is 7.57. The van der Waals surface area contributed by atoms with Crippen molar-refractivity contribution in [1.82, 2.24) is 30.6 Å². The molecule has 4 heterocycles. The fraction of sp³-hybridized carbons (Fsp3) is 0.357. The van der Waals surface area contributed by atoms with E-state index in [1.165, 1.54) is 23.6 Å². The molecule has 4 aromatic rings. The number of hydrogen-bond donors (Lipinski definition) is 4. The molecular weight excluding hydrogens is 420 g/mol. The van der Waals surface area contributed by atoms with Gasteiger partial charge in [0.05, 0.1) is 24.0 Å². The van der Waals surface area contributed by atoms with Crippen LogP contribution in [0.25, 0.3) is 22.0 Å². The number of imidazole rings is 2. The molecule has 1 aliphatic carbocycles. The predicted molar refractivity (Wildman–Crippen MR) is 133 cm³/mol. The molecular formula is C28H28N6. The van der Waals surface area contributed by atoms with Gasteiger partial charge in [-0.1, -0.05) is 31.0 Å². The Morgan fingerprint density at radius 1 is 0.941 bits per heavy atom. The summed E-state index contributed by atoms with van der Waals surface area (Å²) in [5, 5.41) is 9.56. The minimum atomic E-state index is 0.330. The van der Waals surface area contributed by atoms with Gasteiger partial charge in [-0.25, -0.2) is 9.97 Å². The molecule has 34 heavy (non-hydrogen) atoms. The van der Waals surface area contributed by atoms with Crippen molar-refractivity contribution in [2.24, 2.45) is 11.8 Å². The maximum Gasteiger partial charge on any atom is 0.131 e. The van der Waals surface area contributed by atoms with Crippen molar-refractivity contribution in [1.29, 1.82) is 0 Å². The van der Waals surface area contributed by atoms with Crippen LogP contribution in [-0.2, 0) is 0 Å². The van der Waals surface area contributed by atoms with Gasteiger partial charge in [0.25, 0.3) is 0 Å². The summed E-state index contributed by atoms with van der Waals surface area (Å²) in [6, 6.07) is 14.3. The Morgan fingerprint density at radius 2 is 1.85 bits per heavy atom. The third-order valence-corrected chi connectivity index (χ3v) is 7.57. The highest BCUT2D eigenvalue weighted by Gasteiger charge is 2.46. The lowest BCUT2D eigenvalue weighted by Gasteiger charge is -2.08. The number of piperidine rings is 1. The molecule has 3 aliphatic rings. The number of fused-ring (bicyclic) bond motifs is 2. The summed E-state index contributed by atoms with van der Waals surface area (Å²) in [4.78, 5) is 16.2. The Hall–Kier alpha value is -3.40. The molecule has 2 aromatic heterocycles. The Kier molecular flexibility index (Phi) is 4.61. The van der Waals surface area contributed by atoms with E-state index in [4.69, 9.17) is 4.98 Å². The number of rotatable bonds is 3. The Morgan fingerprint density at radius 3 is 2.71 bits per heavy atom. The van der Waals surface area contributed by atoms with Crippen LogP contribution >= 0.6 is 0 Å². The second-order valence-electron chi connectivity index (χ2n) is 10.2. The molecule has 2 aromatic carbocycles. The lowest BCUT2D eigenvalue weighted by Crippen LogP contribution is -2.18. The fourth-order valence-electron chi connectivity index (χ4n) is 5.52. The molecule has 6 heteroatoms. The molecule has 170 valence electrons. The number of hydrogen-bond acceptors (Lipinski definition) is 4. The van der Waals surface area contributed by atoms with Gasteiger partial charge < -0.3 is 20.6 Å². The normalized spacial score (nSPS) is 27.5. The van der Waals surface area contributed by atoms with Crippen molar-refractivity contribution < 1.29 is 0 Å². The average Bonchev–Trinajstić information content (AvgIpc) is 3.41. The summed E-state index contributed by atoms with van der Waals surface area (Å²) >= 11 is 0. The van der Waals surface area contributed by atoms with E-state index in [1.54, 1.807) is 0 Å². The second-order valence-corrected chi connectivity index (χ2v) is 10.2. The zero-order valence-corrected chi connectivity index (χ0v) is 19.2. The Bertz CT molecular complexity index is 1430. The quantitative estimate of drug-likeness (QED) is 0.349. The minimum Gasteiger partial charge on any atom is -0.346 e. The molecule has 5 atom stereocenters. The van der Waals surface area contributed by atoms with Crippen molar-refractivity contribution in [3.05, 3.63) is 71.7 Å². The van der Waals surface area contributed by atoms with Crippen molar-refractivity contribution >= 4 is 10.8 Å². The minimum absolute atomic E-state index is 0.330. The summed E-state index contributed by atoms with van der Waals surface area (Å²) in [5.74, 6) is 10.1. The molecule has 0 bridgehead atoms. The molecule has 1 saturated carbocycles. The van der Waals surface area contributed by atoms with E-state index in [0.717, 1.165) is 53.0 Å². The van der Waals surface area contributed by atoms with Crippen molar-refractivity contribution in [2.45, 2.75) is 44.3 Å². The zero-order chi connectivity index (χ0) is 22.6. The highest BCUT2D eigenvalue weighted by Crippen LogP contribution is 2.45. The lowest BCUT2D eigenvalue weighted by molar-refractivity contribution is 0.543. The lowest BCUT2D eigenvalue weighted by atomic mass is 10.0. The van der Waals surface area contributed by atoms with E-state index in [9.17, 15) is 0 Å². The van der Waals surface area contributed by atoms with Crippen LogP contribution < -0.4 is 10.6 Å². The third kappa shape index (κ3) is 3.71. The van der Waals surface area contributed by atoms with E-state index >= 15 is 0 Å². The van der Waals surface area contributed by atoms with Gasteiger partial charge in [0, 0.05) is 23.4 Å². The van der Waals surface area contributed by atoms with Crippen LogP contribution in [0, 0.1) is 23.7 Å². The molecule has 0 unspecified atom stereocenters. The fourth-order valence-corrected chi connectivity index (χ4v) is 5.52. The number of nitrogens with zero attached hydrogens (tertiary/aromatic N) is 2. The van der Waals surface area contributed by atoms with Crippen LogP contribution in [0.2, 0.25) is 0 Å². The van der Waals surface area contributed by atoms with Gasteiger partial charge >= 0.3 is 0 Å². The summed E-state index contributed by atoms with van der Waals surface area (Å²) < 4.78 is 0. The topological polar surface area (TPSA) is 81.4 Å². The molecule has 7 rings (SSSR count). The highest BCUT2D eigenvalue weighted by atomic mass is 15.1. The summed E-state index contributed by atoms with van der Waals surface area (Å²) in [6.07, 6.45) is 7.51. The number of H-pyrrole nitrogens is 2. The zero-order valence-electron chi connectivity index (χ0n) is 19.2. The van der Waals surface area contributed by atoms with Crippen molar-refractivity contribution in [3.63, 3.8) is 0 Å². The smallest absolute Gasteiger partial charge is 0.131 e. The first-order valence-corrected chi connectivity index (χ1v) is 12.3. The molecule has 0 amide bonds. The Labute approximate surface area is 199 Å². The molecule has 0 radical (unpaired) electrons. The highest BCUT2D eigenvalue weighted by molar-refractivity contribution is 5.88. The summed E-state index contributed by atoms with van der Waals surface area (Å²) in [7, 11) is 0. The average molecular weight is 449 g/mol. The number of aromatic amines is 2. The number of benzene rings is 2. The van der Waals surface area contributed by atoms with Gasteiger partial charge in [-0.2, -0.15) is 0 Å². The van der Waals surface area contributed by atoms with Crippen LogP contribution in [0.3, 0.4) is 0 Å². The van der Waals surface area contributed by atoms with Crippen molar-refractivity contribution in [2.75, 3.05) is 6.54 Å². The monoisotopic (exact) mass is 448 g/mol. The second kappa shape index (κ2) is 7.83. The molecule has 2 aliphatic heterocycles. The SMILES string of the molecule is C[C@@H]1CN[C@H](c2ncc(-c3ccc4cc(C#Cc5c[nH]c([C@@H]6C[C@H]7C[C@H]7N6)n5)ccc4c3)[nH]2)C1. The van der Waals surface area contributed by atoms with Gasteiger partial charge in [-0.3, -0.25) is 0 Å². The standard InChI is InChI=1S/C28H28N6/c1-16-8-24(29-13-16)27-31-15-26(34-27)20-6-5-18-9-17(2-4-19(18)10-20)3-7-22-14-30-28(32-22)25-12-21-11-23(21)33-25/h2,4-6,9-10,14-16,21,23-25,29,33H,8,11-13H2,1H3,(H,30,32)(H,31,34)/t16-,21+,23+,24-,25-/m0/s1. The summed E-state index contributed by atoms with van der Waals surface area (Å²) in [5.41, 5.74) is 4.01. The van der Waals surface area contributed by atoms with E-state index in [2.05, 4.69) is 80.7 Å². The maximum absolute atomic E-state index is 4.70. The van der Waals surface area contributed by atoms with Crippen LogP contribution in [-0.4, -0.2) is 32.5 Å². The van der Waals surface area contributed by atoms with Gasteiger partial charge in [0.2, 0.25) is 0 Å². The van der Waals surface area contributed by atoms with Crippen LogP contribution in [0.1, 0.15) is 61.2 Å². The predicted octanol–water partition coefficient (Wildman–Crippen LogP) is 4.45. The summed E-state index contributed by atoms with van der Waals surface area (Å²) in [6.45, 7) is 3.34. The van der Waals surface area contributed by atoms with E-state index < -0.39 is 0 Å². The van der Waals surface area contributed by atoms with E-state index in [1.807, 2.05) is 12.4 Å². The Balaban J connectivity index is 1.08. The molecule has 4 N–H and O–H groups in total.